The van der Waals surface area contributed by atoms with Crippen molar-refractivity contribution in [2.75, 3.05) is 18.1 Å². The molecule has 0 aliphatic carbocycles. The molecule has 0 aliphatic rings. The Morgan fingerprint density at radius 1 is 1.25 bits per heavy atom. The van der Waals surface area contributed by atoms with Crippen LogP contribution in [0.2, 0.25) is 0 Å². The Morgan fingerprint density at radius 3 is 2.69 bits per heavy atom. The number of thioether (sulfide) groups is 1. The van der Waals surface area contributed by atoms with E-state index < -0.39 is 0 Å². The first-order valence-corrected chi connectivity index (χ1v) is 7.33. The van der Waals surface area contributed by atoms with E-state index in [0.29, 0.717) is 6.04 Å². The molecule has 0 saturated carbocycles. The second kappa shape index (κ2) is 8.66. The highest BCUT2D eigenvalue weighted by Gasteiger charge is 2.01. The number of hydrogen-bond acceptors (Lipinski definition) is 2. The molecule has 0 aliphatic heterocycles. The summed E-state index contributed by atoms with van der Waals surface area (Å²) in [5.41, 5.74) is 1.44. The van der Waals surface area contributed by atoms with Gasteiger partial charge >= 0.3 is 0 Å². The summed E-state index contributed by atoms with van der Waals surface area (Å²) in [7, 11) is 0. The van der Waals surface area contributed by atoms with Crippen LogP contribution in [-0.2, 0) is 6.42 Å². The largest absolute Gasteiger partial charge is 0.313 e. The third-order valence-corrected chi connectivity index (χ3v) is 3.55. The first kappa shape index (κ1) is 13.6. The SMILES string of the molecule is CCSCCNC(C)CCc1ccccc1. The van der Waals surface area contributed by atoms with Gasteiger partial charge in [0.2, 0.25) is 0 Å². The van der Waals surface area contributed by atoms with E-state index in [-0.39, 0.29) is 0 Å². The van der Waals surface area contributed by atoms with Gasteiger partial charge in [0.25, 0.3) is 0 Å². The molecule has 1 aromatic rings. The maximum atomic E-state index is 3.57. The molecule has 90 valence electrons. The zero-order chi connectivity index (χ0) is 11.6. The van der Waals surface area contributed by atoms with Crippen molar-refractivity contribution in [1.82, 2.24) is 5.32 Å². The Morgan fingerprint density at radius 2 is 2.00 bits per heavy atom. The molecule has 0 heterocycles. The van der Waals surface area contributed by atoms with Gasteiger partial charge < -0.3 is 5.32 Å². The van der Waals surface area contributed by atoms with Crippen molar-refractivity contribution in [3.63, 3.8) is 0 Å². The fraction of sp³-hybridized carbons (Fsp3) is 0.571. The number of rotatable bonds is 8. The maximum absolute atomic E-state index is 3.57. The second-order valence-electron chi connectivity index (χ2n) is 4.08. The van der Waals surface area contributed by atoms with E-state index in [1.807, 2.05) is 11.8 Å². The van der Waals surface area contributed by atoms with Crippen LogP contribution in [0.1, 0.15) is 25.8 Å². The summed E-state index contributed by atoms with van der Waals surface area (Å²) < 4.78 is 0. The second-order valence-corrected chi connectivity index (χ2v) is 5.47. The summed E-state index contributed by atoms with van der Waals surface area (Å²) in [6, 6.07) is 11.3. The van der Waals surface area contributed by atoms with Crippen molar-refractivity contribution in [3.05, 3.63) is 35.9 Å². The highest BCUT2D eigenvalue weighted by Crippen LogP contribution is 2.05. The van der Waals surface area contributed by atoms with E-state index in [0.717, 1.165) is 6.54 Å². The fourth-order valence-electron chi connectivity index (χ4n) is 1.65. The monoisotopic (exact) mass is 237 g/mol. The average molecular weight is 237 g/mol. The van der Waals surface area contributed by atoms with E-state index in [4.69, 9.17) is 0 Å². The Bertz CT molecular complexity index is 261. The van der Waals surface area contributed by atoms with Gasteiger partial charge in [0.1, 0.15) is 0 Å². The Labute approximate surface area is 104 Å². The molecule has 0 aromatic heterocycles. The van der Waals surface area contributed by atoms with Gasteiger partial charge in [-0.25, -0.2) is 0 Å². The standard InChI is InChI=1S/C14H23NS/c1-3-16-12-11-15-13(2)9-10-14-7-5-4-6-8-14/h4-8,13,15H,3,9-12H2,1-2H3. The molecule has 1 N–H and O–H groups in total. The average Bonchev–Trinajstić information content (AvgIpc) is 2.33. The van der Waals surface area contributed by atoms with Crippen molar-refractivity contribution in [2.24, 2.45) is 0 Å². The lowest BCUT2D eigenvalue weighted by Gasteiger charge is -2.13. The summed E-state index contributed by atoms with van der Waals surface area (Å²) in [5.74, 6) is 2.45. The zero-order valence-corrected chi connectivity index (χ0v) is 11.2. The van der Waals surface area contributed by atoms with Crippen LogP contribution >= 0.6 is 11.8 Å². The van der Waals surface area contributed by atoms with E-state index >= 15 is 0 Å². The van der Waals surface area contributed by atoms with Crippen molar-refractivity contribution >= 4 is 11.8 Å². The number of nitrogens with one attached hydrogen (secondary N) is 1. The lowest BCUT2D eigenvalue weighted by molar-refractivity contribution is 0.533. The van der Waals surface area contributed by atoms with Gasteiger partial charge in [-0.05, 0) is 31.1 Å². The highest BCUT2D eigenvalue weighted by molar-refractivity contribution is 7.99. The zero-order valence-electron chi connectivity index (χ0n) is 10.4. The molecule has 0 fully saturated rings. The fourth-order valence-corrected chi connectivity index (χ4v) is 2.20. The minimum absolute atomic E-state index is 0.623. The minimum atomic E-state index is 0.623. The van der Waals surface area contributed by atoms with Crippen LogP contribution < -0.4 is 5.32 Å². The number of benzene rings is 1. The first-order valence-electron chi connectivity index (χ1n) is 6.18. The summed E-state index contributed by atoms with van der Waals surface area (Å²) in [6.45, 7) is 5.62. The Kier molecular flexibility index (Phi) is 7.35. The molecular weight excluding hydrogens is 214 g/mol. The van der Waals surface area contributed by atoms with Gasteiger partial charge in [-0.1, -0.05) is 37.3 Å². The van der Waals surface area contributed by atoms with Crippen molar-refractivity contribution in [3.8, 4) is 0 Å². The molecule has 1 nitrogen and oxygen atoms in total. The molecule has 0 amide bonds. The normalized spacial score (nSPS) is 12.6. The predicted molar refractivity (Wildman–Crippen MR) is 75.2 cm³/mol. The quantitative estimate of drug-likeness (QED) is 0.696. The van der Waals surface area contributed by atoms with E-state index in [9.17, 15) is 0 Å². The summed E-state index contributed by atoms with van der Waals surface area (Å²) in [5, 5.41) is 3.57. The molecule has 2 heteroatoms. The van der Waals surface area contributed by atoms with Crippen LogP contribution in [0.3, 0.4) is 0 Å². The van der Waals surface area contributed by atoms with E-state index in [2.05, 4.69) is 49.5 Å². The molecule has 1 unspecified atom stereocenters. The van der Waals surface area contributed by atoms with Gasteiger partial charge in [-0.15, -0.1) is 0 Å². The van der Waals surface area contributed by atoms with Crippen molar-refractivity contribution in [1.29, 1.82) is 0 Å². The van der Waals surface area contributed by atoms with E-state index in [1.165, 1.54) is 29.9 Å². The third kappa shape index (κ3) is 6.19. The van der Waals surface area contributed by atoms with Gasteiger partial charge in [-0.2, -0.15) is 11.8 Å². The van der Waals surface area contributed by atoms with Crippen molar-refractivity contribution in [2.45, 2.75) is 32.7 Å². The van der Waals surface area contributed by atoms with Crippen LogP contribution in [0.4, 0.5) is 0 Å². The lowest BCUT2D eigenvalue weighted by Crippen LogP contribution is -2.28. The van der Waals surface area contributed by atoms with Gasteiger partial charge in [0.05, 0.1) is 0 Å². The maximum Gasteiger partial charge on any atom is 0.00580 e. The van der Waals surface area contributed by atoms with E-state index in [1.54, 1.807) is 0 Å². The van der Waals surface area contributed by atoms with Gasteiger partial charge in [-0.3, -0.25) is 0 Å². The highest BCUT2D eigenvalue weighted by atomic mass is 32.2. The van der Waals surface area contributed by atoms with Crippen LogP contribution in [-0.4, -0.2) is 24.1 Å². The van der Waals surface area contributed by atoms with Crippen LogP contribution in [0.25, 0.3) is 0 Å². The molecule has 0 saturated heterocycles. The molecule has 1 atom stereocenters. The van der Waals surface area contributed by atoms with Crippen LogP contribution in [0.5, 0.6) is 0 Å². The van der Waals surface area contributed by atoms with Crippen LogP contribution in [0.15, 0.2) is 30.3 Å². The summed E-state index contributed by atoms with van der Waals surface area (Å²) in [6.07, 6.45) is 2.40. The number of hydrogen-bond donors (Lipinski definition) is 1. The summed E-state index contributed by atoms with van der Waals surface area (Å²) >= 11 is 2.00. The Hall–Kier alpha value is -0.470. The Balaban J connectivity index is 2.08. The molecule has 0 radical (unpaired) electrons. The molecule has 0 spiro atoms. The van der Waals surface area contributed by atoms with Gasteiger partial charge in [0, 0.05) is 18.3 Å². The van der Waals surface area contributed by atoms with Crippen molar-refractivity contribution < 1.29 is 0 Å². The minimum Gasteiger partial charge on any atom is -0.313 e. The number of aryl methyl sites for hydroxylation is 1. The molecule has 1 aromatic carbocycles. The molecule has 0 bridgehead atoms. The molecule has 1 rings (SSSR count). The summed E-state index contributed by atoms with van der Waals surface area (Å²) in [4.78, 5) is 0. The first-order chi connectivity index (χ1) is 7.83. The predicted octanol–water partition coefficient (Wildman–Crippen LogP) is 3.35. The lowest BCUT2D eigenvalue weighted by atomic mass is 10.1. The van der Waals surface area contributed by atoms with Crippen LogP contribution in [0, 0.1) is 0 Å². The molecule has 16 heavy (non-hydrogen) atoms. The third-order valence-electron chi connectivity index (χ3n) is 2.65. The molecular formula is C14H23NS. The smallest absolute Gasteiger partial charge is 0.00580 e. The topological polar surface area (TPSA) is 12.0 Å². The van der Waals surface area contributed by atoms with Gasteiger partial charge in [0.15, 0.2) is 0 Å².